The Morgan fingerprint density at radius 2 is 1.81 bits per heavy atom. The Balaban J connectivity index is 2.55. The summed E-state index contributed by atoms with van der Waals surface area (Å²) in [6.07, 6.45) is 0. The number of aromatic nitrogens is 1. The van der Waals surface area contributed by atoms with Crippen molar-refractivity contribution in [2.24, 2.45) is 17.8 Å². The average molecular weight is 241 g/mol. The monoisotopic (exact) mass is 240 g/mol. The fraction of sp³-hybridized carbons (Fsp3) is 0.615. The van der Waals surface area contributed by atoms with Crippen molar-refractivity contribution in [3.63, 3.8) is 0 Å². The summed E-state index contributed by atoms with van der Waals surface area (Å²) in [5.41, 5.74) is 0. The van der Waals surface area contributed by atoms with Gasteiger partial charge in [-0.3, -0.25) is 0 Å². The Hall–Kier alpha value is -0.760. The van der Waals surface area contributed by atoms with Gasteiger partial charge in [-0.15, -0.1) is 0 Å². The zero-order valence-electron chi connectivity index (χ0n) is 10.5. The number of nitrogens with zero attached hydrogens (tertiary/aromatic N) is 1. The summed E-state index contributed by atoms with van der Waals surface area (Å²) in [7, 11) is 0. The Kier molecular flexibility index (Phi) is 5.07. The molecule has 3 heteroatoms. The summed E-state index contributed by atoms with van der Waals surface area (Å²) in [6.45, 7) is 9.99. The molecule has 0 radical (unpaired) electrons. The molecular weight excluding hydrogens is 220 g/mol. The summed E-state index contributed by atoms with van der Waals surface area (Å²) in [4.78, 5) is 4.22. The van der Waals surface area contributed by atoms with Crippen LogP contribution in [0.3, 0.4) is 0 Å². The van der Waals surface area contributed by atoms with Crippen LogP contribution < -0.4 is 5.32 Å². The van der Waals surface area contributed by atoms with Gasteiger partial charge in [-0.25, -0.2) is 4.98 Å². The van der Waals surface area contributed by atoms with Gasteiger partial charge in [0.1, 0.15) is 11.0 Å². The Labute approximate surface area is 103 Å². The molecule has 0 saturated carbocycles. The molecule has 0 atom stereocenters. The summed E-state index contributed by atoms with van der Waals surface area (Å²) in [5, 5.41) is 3.89. The molecule has 16 heavy (non-hydrogen) atoms. The van der Waals surface area contributed by atoms with Crippen LogP contribution in [0.1, 0.15) is 27.7 Å². The zero-order valence-corrected chi connectivity index (χ0v) is 11.3. The fourth-order valence-corrected chi connectivity index (χ4v) is 2.13. The van der Waals surface area contributed by atoms with Crippen molar-refractivity contribution >= 4 is 17.4 Å². The summed E-state index contributed by atoms with van der Waals surface area (Å²) in [5.74, 6) is 2.86. The molecule has 1 rings (SSSR count). The minimum atomic E-state index is 0.538. The molecule has 90 valence electrons. The van der Waals surface area contributed by atoms with Crippen molar-refractivity contribution in [1.29, 1.82) is 0 Å². The molecule has 0 aliphatic carbocycles. The van der Waals surface area contributed by atoms with Crippen LogP contribution in [0.4, 0.5) is 5.82 Å². The van der Waals surface area contributed by atoms with E-state index in [0.717, 1.165) is 12.4 Å². The van der Waals surface area contributed by atoms with Crippen LogP contribution in [0.15, 0.2) is 18.2 Å². The number of halogens is 1. The molecule has 0 spiro atoms. The van der Waals surface area contributed by atoms with Crippen LogP contribution in [0.5, 0.6) is 0 Å². The topological polar surface area (TPSA) is 24.9 Å². The van der Waals surface area contributed by atoms with E-state index in [1.165, 1.54) is 0 Å². The first-order valence-corrected chi connectivity index (χ1v) is 6.25. The van der Waals surface area contributed by atoms with E-state index < -0.39 is 0 Å². The van der Waals surface area contributed by atoms with E-state index in [-0.39, 0.29) is 0 Å². The molecule has 0 fully saturated rings. The van der Waals surface area contributed by atoms with Gasteiger partial charge in [0.2, 0.25) is 0 Å². The maximum Gasteiger partial charge on any atom is 0.131 e. The van der Waals surface area contributed by atoms with E-state index >= 15 is 0 Å². The quantitative estimate of drug-likeness (QED) is 0.785. The van der Waals surface area contributed by atoms with E-state index in [1.54, 1.807) is 6.07 Å². The molecule has 0 saturated heterocycles. The largest absolute Gasteiger partial charge is 0.370 e. The second-order valence-electron chi connectivity index (χ2n) is 4.88. The SMILES string of the molecule is CC(C)C(CNc1cccc(Cl)n1)C(C)C. The van der Waals surface area contributed by atoms with E-state index in [2.05, 4.69) is 38.0 Å². The lowest BCUT2D eigenvalue weighted by Gasteiger charge is -2.25. The average Bonchev–Trinajstić information content (AvgIpc) is 2.16. The normalized spacial score (nSPS) is 11.5. The number of pyridine rings is 1. The van der Waals surface area contributed by atoms with Crippen molar-refractivity contribution < 1.29 is 0 Å². The number of nitrogens with one attached hydrogen (secondary N) is 1. The highest BCUT2D eigenvalue weighted by Gasteiger charge is 2.17. The van der Waals surface area contributed by atoms with Gasteiger partial charge in [-0.05, 0) is 29.9 Å². The third kappa shape index (κ3) is 4.01. The van der Waals surface area contributed by atoms with Crippen molar-refractivity contribution in [2.45, 2.75) is 27.7 Å². The highest BCUT2D eigenvalue weighted by atomic mass is 35.5. The second-order valence-corrected chi connectivity index (χ2v) is 5.27. The standard InChI is InChI=1S/C13H21ClN2/c1-9(2)11(10(3)4)8-15-13-7-5-6-12(14)16-13/h5-7,9-11H,8H2,1-4H3,(H,15,16). The number of hydrogen-bond donors (Lipinski definition) is 1. The Morgan fingerprint density at radius 3 is 2.31 bits per heavy atom. The fourth-order valence-electron chi connectivity index (χ4n) is 1.97. The van der Waals surface area contributed by atoms with E-state index in [9.17, 15) is 0 Å². The summed E-state index contributed by atoms with van der Waals surface area (Å²) >= 11 is 5.83. The lowest BCUT2D eigenvalue weighted by molar-refractivity contribution is 0.304. The van der Waals surface area contributed by atoms with E-state index in [4.69, 9.17) is 11.6 Å². The minimum absolute atomic E-state index is 0.538. The van der Waals surface area contributed by atoms with Crippen LogP contribution in [0.25, 0.3) is 0 Å². The highest BCUT2D eigenvalue weighted by molar-refractivity contribution is 6.29. The van der Waals surface area contributed by atoms with Crippen LogP contribution in [0, 0.1) is 17.8 Å². The first kappa shape index (κ1) is 13.3. The van der Waals surface area contributed by atoms with Gasteiger partial charge >= 0.3 is 0 Å². The maximum absolute atomic E-state index is 5.83. The molecule has 1 heterocycles. The van der Waals surface area contributed by atoms with Crippen LogP contribution >= 0.6 is 11.6 Å². The van der Waals surface area contributed by atoms with Crippen LogP contribution in [-0.2, 0) is 0 Å². The van der Waals surface area contributed by atoms with Crippen LogP contribution in [0.2, 0.25) is 5.15 Å². The maximum atomic E-state index is 5.83. The molecule has 0 unspecified atom stereocenters. The summed E-state index contributed by atoms with van der Waals surface area (Å²) in [6, 6.07) is 5.65. The lowest BCUT2D eigenvalue weighted by Crippen LogP contribution is -2.24. The van der Waals surface area contributed by atoms with Crippen molar-refractivity contribution in [3.8, 4) is 0 Å². The zero-order chi connectivity index (χ0) is 12.1. The van der Waals surface area contributed by atoms with Gasteiger partial charge < -0.3 is 5.32 Å². The molecule has 0 aliphatic heterocycles. The van der Waals surface area contributed by atoms with Gasteiger partial charge in [0, 0.05) is 6.54 Å². The highest BCUT2D eigenvalue weighted by Crippen LogP contribution is 2.21. The minimum Gasteiger partial charge on any atom is -0.370 e. The summed E-state index contributed by atoms with van der Waals surface area (Å²) < 4.78 is 0. The number of anilines is 1. The van der Waals surface area contributed by atoms with E-state index in [0.29, 0.717) is 22.9 Å². The van der Waals surface area contributed by atoms with Crippen LogP contribution in [-0.4, -0.2) is 11.5 Å². The predicted octanol–water partition coefficient (Wildman–Crippen LogP) is 4.08. The van der Waals surface area contributed by atoms with Crippen molar-refractivity contribution in [3.05, 3.63) is 23.4 Å². The second kappa shape index (κ2) is 6.09. The van der Waals surface area contributed by atoms with Gasteiger partial charge in [0.05, 0.1) is 0 Å². The first-order valence-electron chi connectivity index (χ1n) is 5.87. The first-order chi connectivity index (χ1) is 7.50. The molecule has 1 N–H and O–H groups in total. The van der Waals surface area contributed by atoms with Crippen molar-refractivity contribution in [2.75, 3.05) is 11.9 Å². The molecule has 0 aromatic carbocycles. The number of rotatable bonds is 5. The molecule has 2 nitrogen and oxygen atoms in total. The molecule has 1 aromatic rings. The molecule has 1 aromatic heterocycles. The third-order valence-electron chi connectivity index (χ3n) is 2.95. The molecular formula is C13H21ClN2. The molecule has 0 amide bonds. The van der Waals surface area contributed by atoms with Gasteiger partial charge in [0.25, 0.3) is 0 Å². The van der Waals surface area contributed by atoms with Gasteiger partial charge in [-0.2, -0.15) is 0 Å². The Bertz CT molecular complexity index is 315. The van der Waals surface area contributed by atoms with Gasteiger partial charge in [-0.1, -0.05) is 45.4 Å². The number of hydrogen-bond acceptors (Lipinski definition) is 2. The predicted molar refractivity (Wildman–Crippen MR) is 70.9 cm³/mol. The van der Waals surface area contributed by atoms with E-state index in [1.807, 2.05) is 12.1 Å². The van der Waals surface area contributed by atoms with Crippen molar-refractivity contribution in [1.82, 2.24) is 4.98 Å². The third-order valence-corrected chi connectivity index (χ3v) is 3.16. The lowest BCUT2D eigenvalue weighted by atomic mass is 9.85. The Morgan fingerprint density at radius 1 is 1.19 bits per heavy atom. The smallest absolute Gasteiger partial charge is 0.131 e. The molecule has 0 aliphatic rings. The molecule has 0 bridgehead atoms. The van der Waals surface area contributed by atoms with Gasteiger partial charge in [0.15, 0.2) is 0 Å².